The zero-order valence-corrected chi connectivity index (χ0v) is 20.5. The summed E-state index contributed by atoms with van der Waals surface area (Å²) < 4.78 is 22.6. The molecule has 0 saturated heterocycles. The van der Waals surface area contributed by atoms with Gasteiger partial charge in [-0.05, 0) is 24.6 Å². The van der Waals surface area contributed by atoms with Crippen molar-refractivity contribution in [3.63, 3.8) is 0 Å². The summed E-state index contributed by atoms with van der Waals surface area (Å²) in [5.74, 6) is -0.667. The summed E-state index contributed by atoms with van der Waals surface area (Å²) in [6.45, 7) is 5.07. The van der Waals surface area contributed by atoms with Gasteiger partial charge in [-0.25, -0.2) is 0 Å². The minimum atomic E-state index is -2.78. The van der Waals surface area contributed by atoms with E-state index >= 15 is 0 Å². The van der Waals surface area contributed by atoms with Crippen LogP contribution in [0.3, 0.4) is 0 Å². The minimum absolute atomic E-state index is 0.0237. The molecule has 2 unspecified atom stereocenters. The normalized spacial score (nSPS) is 14.9. The van der Waals surface area contributed by atoms with Gasteiger partial charge in [0.05, 0.1) is 27.7 Å². The molecule has 2 atom stereocenters. The van der Waals surface area contributed by atoms with Gasteiger partial charge in [-0.15, -0.1) is 0 Å². The van der Waals surface area contributed by atoms with E-state index in [1.807, 2.05) is 35.0 Å². The zero-order chi connectivity index (χ0) is 21.6. The van der Waals surface area contributed by atoms with Gasteiger partial charge in [-0.2, -0.15) is 0 Å². The summed E-state index contributed by atoms with van der Waals surface area (Å²) in [4.78, 5) is 23.7. The summed E-state index contributed by atoms with van der Waals surface area (Å²) in [5, 5.41) is 0. The summed E-state index contributed by atoms with van der Waals surface area (Å²) in [7, 11) is 6.14. The summed E-state index contributed by atoms with van der Waals surface area (Å²) in [6.07, 6.45) is 3.21. The lowest BCUT2D eigenvalue weighted by atomic mass is 10.2. The Kier molecular flexibility index (Phi) is 14.7. The maximum atomic E-state index is 11.9. The number of hydrogen-bond acceptors (Lipinski definition) is 7. The standard InChI is InChI=1S/C18H36NO6PS2/c1-6-8-10-17(20)22-14-16(25-18(21)11-9-7-2)15-24-26(27,28)23-13-12-19(3,4)5/h16H,6-15H2,1-5H3/p+1. The Labute approximate surface area is 180 Å². The highest BCUT2D eigenvalue weighted by Gasteiger charge is 2.22. The van der Waals surface area contributed by atoms with E-state index in [0.717, 1.165) is 36.7 Å². The highest BCUT2D eigenvalue weighted by molar-refractivity contribution is 8.60. The van der Waals surface area contributed by atoms with Gasteiger partial charge in [-0.1, -0.05) is 38.9 Å². The lowest BCUT2D eigenvalue weighted by Gasteiger charge is -2.26. The van der Waals surface area contributed by atoms with Crippen molar-refractivity contribution in [2.45, 2.75) is 58.5 Å². The Balaban J connectivity index is 4.60. The topological polar surface area (TPSA) is 71.1 Å². The third-order valence-corrected chi connectivity index (χ3v) is 5.95. The average molecular weight is 459 g/mol. The molecule has 0 spiro atoms. The Bertz CT molecular complexity index is 513. The van der Waals surface area contributed by atoms with Crippen LogP contribution >= 0.6 is 17.9 Å². The van der Waals surface area contributed by atoms with E-state index in [1.54, 1.807) is 0 Å². The molecule has 0 rings (SSSR count). The Morgan fingerprint density at radius 2 is 1.57 bits per heavy atom. The van der Waals surface area contributed by atoms with Crippen molar-refractivity contribution in [1.82, 2.24) is 0 Å². The van der Waals surface area contributed by atoms with Gasteiger partial charge in [0.15, 0.2) is 6.10 Å². The van der Waals surface area contributed by atoms with Crippen molar-refractivity contribution in [3.8, 4) is 0 Å². The molecular weight excluding hydrogens is 421 g/mol. The predicted molar refractivity (Wildman–Crippen MR) is 118 cm³/mol. The van der Waals surface area contributed by atoms with Gasteiger partial charge in [0.2, 0.25) is 5.69 Å². The number of rotatable bonds is 16. The molecule has 0 heterocycles. The van der Waals surface area contributed by atoms with Crippen molar-refractivity contribution in [2.24, 2.45) is 0 Å². The molecule has 28 heavy (non-hydrogen) atoms. The fourth-order valence-electron chi connectivity index (χ4n) is 1.91. The second kappa shape index (κ2) is 14.7. The fraction of sp³-hybridized carbons (Fsp3) is 0.889. The van der Waals surface area contributed by atoms with E-state index in [-0.39, 0.29) is 25.2 Å². The SMILES string of the molecule is CCCCC(=O)OCC(COP(=S)(S)OCC[N+](C)(C)C)OC(=O)CCCC. The highest BCUT2D eigenvalue weighted by atomic mass is 32.9. The Morgan fingerprint density at radius 1 is 1.00 bits per heavy atom. The lowest BCUT2D eigenvalue weighted by Crippen LogP contribution is -2.37. The Hall–Kier alpha value is -0.180. The number of likely N-dealkylation sites (N-methyl/N-ethyl adjacent to an activating group) is 1. The molecule has 7 nitrogen and oxygen atoms in total. The Morgan fingerprint density at radius 3 is 2.11 bits per heavy atom. The number of quaternary nitrogens is 1. The minimum Gasteiger partial charge on any atom is -0.462 e. The molecule has 0 fully saturated rings. The third-order valence-electron chi connectivity index (χ3n) is 3.64. The lowest BCUT2D eigenvalue weighted by molar-refractivity contribution is -0.870. The van der Waals surface area contributed by atoms with Crippen LogP contribution in [0, 0.1) is 0 Å². The van der Waals surface area contributed by atoms with Crippen LogP contribution in [0.25, 0.3) is 0 Å². The molecule has 166 valence electrons. The molecule has 0 aromatic carbocycles. The van der Waals surface area contributed by atoms with Gasteiger partial charge < -0.3 is 23.0 Å². The highest BCUT2D eigenvalue weighted by Crippen LogP contribution is 2.53. The van der Waals surface area contributed by atoms with E-state index in [4.69, 9.17) is 30.3 Å². The van der Waals surface area contributed by atoms with Crippen LogP contribution in [-0.2, 0) is 39.9 Å². The third kappa shape index (κ3) is 16.7. The van der Waals surface area contributed by atoms with E-state index < -0.39 is 11.8 Å². The van der Waals surface area contributed by atoms with Crippen molar-refractivity contribution in [1.29, 1.82) is 0 Å². The van der Waals surface area contributed by atoms with Gasteiger partial charge >= 0.3 is 11.9 Å². The van der Waals surface area contributed by atoms with E-state index in [1.165, 1.54) is 0 Å². The summed E-state index contributed by atoms with van der Waals surface area (Å²) >= 11 is 9.62. The molecular formula is C18H37NO6PS2+. The van der Waals surface area contributed by atoms with Crippen LogP contribution in [0.15, 0.2) is 0 Å². The molecule has 0 saturated carbocycles. The first kappa shape index (κ1) is 27.8. The van der Waals surface area contributed by atoms with Gasteiger partial charge in [0.25, 0.3) is 0 Å². The maximum absolute atomic E-state index is 11.9. The van der Waals surface area contributed by atoms with Crippen LogP contribution in [0.1, 0.15) is 52.4 Å². The second-order valence-corrected chi connectivity index (χ2v) is 12.9. The van der Waals surface area contributed by atoms with Crippen LogP contribution in [0.2, 0.25) is 0 Å². The van der Waals surface area contributed by atoms with Gasteiger partial charge in [0, 0.05) is 12.8 Å². The second-order valence-electron chi connectivity index (χ2n) is 7.61. The molecule has 10 heteroatoms. The number of carbonyl (C=O) groups is 2. The largest absolute Gasteiger partial charge is 0.462 e. The summed E-state index contributed by atoms with van der Waals surface area (Å²) in [6, 6.07) is 0. The van der Waals surface area contributed by atoms with Crippen LogP contribution in [0.4, 0.5) is 0 Å². The van der Waals surface area contributed by atoms with Crippen LogP contribution in [0.5, 0.6) is 0 Å². The predicted octanol–water partition coefficient (Wildman–Crippen LogP) is 3.72. The molecule has 0 radical (unpaired) electrons. The molecule has 0 aromatic rings. The van der Waals surface area contributed by atoms with E-state index in [2.05, 4.69) is 12.2 Å². The quantitative estimate of drug-likeness (QED) is 0.164. The van der Waals surface area contributed by atoms with Crippen molar-refractivity contribution >= 4 is 41.7 Å². The van der Waals surface area contributed by atoms with Crippen LogP contribution in [-0.4, -0.2) is 70.0 Å². The van der Waals surface area contributed by atoms with Crippen molar-refractivity contribution < 1.29 is 32.6 Å². The molecule has 0 aliphatic carbocycles. The number of carbonyl (C=O) groups excluding carboxylic acids is 2. The van der Waals surface area contributed by atoms with Gasteiger partial charge in [0.1, 0.15) is 19.8 Å². The van der Waals surface area contributed by atoms with E-state index in [0.29, 0.717) is 19.4 Å². The van der Waals surface area contributed by atoms with E-state index in [9.17, 15) is 9.59 Å². The molecule has 0 bridgehead atoms. The number of thiol groups is 1. The maximum Gasteiger partial charge on any atom is 0.306 e. The van der Waals surface area contributed by atoms with Crippen molar-refractivity contribution in [3.05, 3.63) is 0 Å². The fourth-order valence-corrected chi connectivity index (χ4v) is 3.50. The molecule has 0 aromatic heterocycles. The number of nitrogens with zero attached hydrogens (tertiary/aromatic N) is 1. The first-order valence-electron chi connectivity index (χ1n) is 9.76. The number of hydrogen-bond donors (Lipinski definition) is 1. The zero-order valence-electron chi connectivity index (χ0n) is 17.8. The number of esters is 2. The molecule has 0 N–H and O–H groups in total. The van der Waals surface area contributed by atoms with Crippen LogP contribution < -0.4 is 0 Å². The summed E-state index contributed by atoms with van der Waals surface area (Å²) in [5.41, 5.74) is -2.78. The van der Waals surface area contributed by atoms with Crippen molar-refractivity contribution in [2.75, 3.05) is 47.5 Å². The first-order valence-corrected chi connectivity index (χ1v) is 13.6. The smallest absolute Gasteiger partial charge is 0.306 e. The monoisotopic (exact) mass is 458 g/mol. The number of ether oxygens (including phenoxy) is 2. The first-order chi connectivity index (χ1) is 13.0. The average Bonchev–Trinajstić information content (AvgIpc) is 2.59. The number of unbranched alkanes of at least 4 members (excludes halogenated alkanes) is 2. The van der Waals surface area contributed by atoms with Gasteiger partial charge in [-0.3, -0.25) is 9.59 Å². The molecule has 0 amide bonds. The molecule has 0 aliphatic heterocycles. The molecule has 0 aliphatic rings.